The predicted octanol–water partition coefficient (Wildman–Crippen LogP) is -6.75. The van der Waals surface area contributed by atoms with E-state index >= 15 is 0 Å². The lowest BCUT2D eigenvalue weighted by atomic mass is 9.95. The van der Waals surface area contributed by atoms with Crippen molar-refractivity contribution in [1.29, 1.82) is 0 Å². The van der Waals surface area contributed by atoms with Crippen LogP contribution in [0.2, 0.25) is 0 Å². The Hall–Kier alpha value is -1.06. The molecule has 10 N–H and O–H groups in total. The van der Waals surface area contributed by atoms with Gasteiger partial charge in [-0.25, -0.2) is 0 Å². The number of hydrogen-bond acceptors (Lipinski definition) is 12. The number of hydrogen-bond donors (Lipinski definition) is 10. The van der Waals surface area contributed by atoms with Gasteiger partial charge in [-0.05, 0) is 0 Å². The highest BCUT2D eigenvalue weighted by molar-refractivity contribution is 5.64. The van der Waals surface area contributed by atoms with Crippen molar-refractivity contribution in [3.8, 4) is 0 Å². The van der Waals surface area contributed by atoms with Crippen LogP contribution in [-0.2, 0) is 9.59 Å². The third kappa shape index (κ3) is 6.82. The van der Waals surface area contributed by atoms with Gasteiger partial charge in [0.2, 0.25) is 0 Å². The Kier molecular flexibility index (Phi) is 12.1. The van der Waals surface area contributed by atoms with Crippen LogP contribution in [0.5, 0.6) is 0 Å². The molecule has 0 saturated carbocycles. The van der Waals surface area contributed by atoms with Crippen molar-refractivity contribution in [2.75, 3.05) is 26.4 Å². The zero-order chi connectivity index (χ0) is 19.6. The first kappa shape index (κ1) is 25.2. The van der Waals surface area contributed by atoms with E-state index in [1.165, 1.54) is 0 Å². The predicted molar refractivity (Wildman–Crippen MR) is 74.4 cm³/mol. The molecule has 0 spiro atoms. The summed E-state index contributed by atoms with van der Waals surface area (Å²) in [6, 6.07) is 0. The molecule has 0 saturated heterocycles. The van der Waals surface area contributed by atoms with E-state index in [-0.39, 0.29) is 12.6 Å². The van der Waals surface area contributed by atoms with E-state index in [2.05, 4.69) is 0 Å². The first-order valence-corrected chi connectivity index (χ1v) is 6.56. The maximum atomic E-state index is 10.2. The van der Waals surface area contributed by atoms with Gasteiger partial charge in [-0.1, -0.05) is 0 Å². The van der Waals surface area contributed by atoms with Gasteiger partial charge in [0.15, 0.2) is 23.8 Å². The first-order chi connectivity index (χ1) is 11.0. The molecule has 0 aliphatic heterocycles. The molecule has 0 radical (unpaired) electrons. The maximum absolute atomic E-state index is 10.2. The van der Waals surface area contributed by atoms with Gasteiger partial charge >= 0.3 is 0 Å². The summed E-state index contributed by atoms with van der Waals surface area (Å²) in [5.74, 6) is 0. The minimum atomic E-state index is -2.41. The molecule has 24 heavy (non-hydrogen) atoms. The molecule has 0 rings (SSSR count). The summed E-state index contributed by atoms with van der Waals surface area (Å²) in [5.41, 5.74) is -4.83. The topological polar surface area (TPSA) is 236 Å². The average molecular weight is 360 g/mol. The summed E-state index contributed by atoms with van der Waals surface area (Å²) < 4.78 is 0. The lowest BCUT2D eigenvalue weighted by Crippen LogP contribution is -2.54. The highest BCUT2D eigenvalue weighted by atomic mass is 16.4. The number of carbonyl (C=O) groups excluding carboxylic acids is 2. The van der Waals surface area contributed by atoms with Gasteiger partial charge < -0.3 is 51.1 Å². The molecule has 0 amide bonds. The molecule has 0 aliphatic carbocycles. The minimum Gasteiger partial charge on any atom is -0.394 e. The fourth-order valence-corrected chi connectivity index (χ4v) is 1.27. The summed E-state index contributed by atoms with van der Waals surface area (Å²) in [6.07, 6.45) is -7.29. The molecule has 0 bridgehead atoms. The summed E-state index contributed by atoms with van der Waals surface area (Å²) in [6.45, 7) is -3.65. The number of carbonyl (C=O) groups is 2. The summed E-state index contributed by atoms with van der Waals surface area (Å²) >= 11 is 0. The van der Waals surface area contributed by atoms with Crippen LogP contribution in [-0.4, -0.2) is 126 Å². The smallest absolute Gasteiger partial charge is 0.171 e. The Morgan fingerprint density at radius 2 is 0.917 bits per heavy atom. The first-order valence-electron chi connectivity index (χ1n) is 6.56. The molecule has 144 valence electrons. The molecule has 0 aliphatic rings. The quantitative estimate of drug-likeness (QED) is 0.164. The Labute approximate surface area is 136 Å². The Morgan fingerprint density at radius 1 is 0.667 bits per heavy atom. The van der Waals surface area contributed by atoms with Crippen molar-refractivity contribution >= 4 is 12.6 Å². The van der Waals surface area contributed by atoms with Gasteiger partial charge in [-0.15, -0.1) is 0 Å². The van der Waals surface area contributed by atoms with E-state index in [1.54, 1.807) is 0 Å². The fraction of sp³-hybridized carbons (Fsp3) is 0.833. The highest BCUT2D eigenvalue weighted by Crippen LogP contribution is 2.11. The van der Waals surface area contributed by atoms with Gasteiger partial charge in [0.25, 0.3) is 0 Å². The number of aliphatic hydroxyl groups is 10. The van der Waals surface area contributed by atoms with Crippen LogP contribution >= 0.6 is 0 Å². The summed E-state index contributed by atoms with van der Waals surface area (Å²) in [5, 5.41) is 87.3. The second-order valence-corrected chi connectivity index (χ2v) is 4.92. The average Bonchev–Trinajstić information content (AvgIpc) is 2.64. The van der Waals surface area contributed by atoms with Crippen molar-refractivity contribution in [3.05, 3.63) is 0 Å². The van der Waals surface area contributed by atoms with Gasteiger partial charge in [-0.3, -0.25) is 9.59 Å². The van der Waals surface area contributed by atoms with Crippen LogP contribution in [0.25, 0.3) is 0 Å². The molecule has 12 nitrogen and oxygen atoms in total. The molecule has 6 atom stereocenters. The van der Waals surface area contributed by atoms with Crippen LogP contribution < -0.4 is 0 Å². The maximum Gasteiger partial charge on any atom is 0.171 e. The third-order valence-electron chi connectivity index (χ3n) is 3.04. The van der Waals surface area contributed by atoms with Crippen LogP contribution in [0.3, 0.4) is 0 Å². The van der Waals surface area contributed by atoms with Gasteiger partial charge in [-0.2, -0.15) is 0 Å². The van der Waals surface area contributed by atoms with Crippen LogP contribution in [0.15, 0.2) is 0 Å². The summed E-state index contributed by atoms with van der Waals surface area (Å²) in [4.78, 5) is 20.3. The Bertz CT molecular complexity index is 332. The van der Waals surface area contributed by atoms with Crippen molar-refractivity contribution in [1.82, 2.24) is 0 Å². The molecule has 0 unspecified atom stereocenters. The van der Waals surface area contributed by atoms with Gasteiger partial charge in [0, 0.05) is 0 Å². The number of aliphatic hydroxyl groups excluding tert-OH is 8. The Morgan fingerprint density at radius 3 is 1.04 bits per heavy atom. The van der Waals surface area contributed by atoms with Crippen molar-refractivity contribution in [2.45, 2.75) is 35.6 Å². The van der Waals surface area contributed by atoms with E-state index in [9.17, 15) is 9.59 Å². The second-order valence-electron chi connectivity index (χ2n) is 4.92. The van der Waals surface area contributed by atoms with Crippen molar-refractivity contribution in [3.63, 3.8) is 0 Å². The fourth-order valence-electron chi connectivity index (χ4n) is 1.27. The molecule has 0 aromatic heterocycles. The Balaban J connectivity index is 0. The third-order valence-corrected chi connectivity index (χ3v) is 3.04. The SMILES string of the molecule is O=C[C@@](O)(CO)[C@H](O)[C@H](O)CO.O=C[C@@](O)(CO)[C@H](O)[C@H](O)CO. The van der Waals surface area contributed by atoms with E-state index in [1.807, 2.05) is 0 Å². The number of rotatable bonds is 10. The zero-order valence-corrected chi connectivity index (χ0v) is 12.6. The molecule has 0 fully saturated rings. The standard InChI is InChI=1S/2C6H12O6/c2*7-1-4(10)5(11)6(12,2-8)3-9/h2*2,4-5,7,9-12H,1,3H2/t2*4-,5-,6-/m11/s1. The number of aldehydes is 2. The lowest BCUT2D eigenvalue weighted by molar-refractivity contribution is -0.162. The molecule has 0 aromatic rings. The minimum absolute atomic E-state index is 0.0868. The lowest BCUT2D eigenvalue weighted by Gasteiger charge is -2.27. The molecule has 0 heterocycles. The molecular weight excluding hydrogens is 336 g/mol. The van der Waals surface area contributed by atoms with Gasteiger partial charge in [0.1, 0.15) is 24.4 Å². The van der Waals surface area contributed by atoms with E-state index in [0.717, 1.165) is 0 Å². The van der Waals surface area contributed by atoms with Crippen molar-refractivity contribution in [2.24, 2.45) is 0 Å². The van der Waals surface area contributed by atoms with E-state index in [0.29, 0.717) is 0 Å². The normalized spacial score (nSPS) is 21.1. The zero-order valence-electron chi connectivity index (χ0n) is 12.6. The van der Waals surface area contributed by atoms with Crippen LogP contribution in [0.4, 0.5) is 0 Å². The summed E-state index contributed by atoms with van der Waals surface area (Å²) in [7, 11) is 0. The largest absolute Gasteiger partial charge is 0.394 e. The second kappa shape index (κ2) is 11.5. The molecule has 12 heteroatoms. The highest BCUT2D eigenvalue weighted by Gasteiger charge is 2.40. The van der Waals surface area contributed by atoms with Crippen LogP contribution in [0, 0.1) is 0 Å². The monoisotopic (exact) mass is 360 g/mol. The van der Waals surface area contributed by atoms with E-state index in [4.69, 9.17) is 51.1 Å². The molecule has 0 aromatic carbocycles. The van der Waals surface area contributed by atoms with Gasteiger partial charge in [0.05, 0.1) is 26.4 Å². The molecular formula is C12H24O12. The van der Waals surface area contributed by atoms with Crippen LogP contribution in [0.1, 0.15) is 0 Å². The van der Waals surface area contributed by atoms with E-state index < -0.39 is 62.0 Å². The van der Waals surface area contributed by atoms with Crippen molar-refractivity contribution < 1.29 is 60.7 Å².